The molecule has 0 saturated carbocycles. The number of benzene rings is 1. The molecule has 0 aliphatic heterocycles. The maximum atomic E-state index is 6.30. The number of hydrogen-bond donors (Lipinski definition) is 0. The van der Waals surface area contributed by atoms with Gasteiger partial charge in [-0.2, -0.15) is 0 Å². The van der Waals surface area contributed by atoms with E-state index < -0.39 is 8.32 Å². The molecule has 1 aromatic carbocycles. The molecule has 0 unspecified atom stereocenters. The molecule has 1 rings (SSSR count). The Bertz CT molecular complexity index is 585. The average Bonchev–Trinajstić information content (AvgIpc) is 2.61. The Morgan fingerprint density at radius 2 is 1.75 bits per heavy atom. The lowest BCUT2D eigenvalue weighted by atomic mass is 10.0. The zero-order chi connectivity index (χ0) is 21.2. The maximum absolute atomic E-state index is 6.30. The van der Waals surface area contributed by atoms with Crippen molar-refractivity contribution in [2.24, 2.45) is 5.92 Å². The van der Waals surface area contributed by atoms with E-state index >= 15 is 0 Å². The minimum Gasteiger partial charge on any atom is -0.497 e. The molecule has 0 fully saturated rings. The van der Waals surface area contributed by atoms with Gasteiger partial charge < -0.3 is 13.9 Å². The van der Waals surface area contributed by atoms with Gasteiger partial charge in [0.05, 0.1) is 20.3 Å². The van der Waals surface area contributed by atoms with Gasteiger partial charge in [0.25, 0.3) is 0 Å². The summed E-state index contributed by atoms with van der Waals surface area (Å²) in [6, 6.07) is 8.03. The third-order valence-corrected chi connectivity index (χ3v) is 10.3. The normalized spacial score (nSPS) is 14.2. The standard InChI is InChI=1S/C24H42O3Si/c1-20(16-17-27-28(7,8)24(3,4)5)10-9-11-21(2)18-26-19-22-12-14-23(25-6)15-13-22/h11-15,20H,9-10,16-19H2,1-8H3/b21-11+/t20-/m1/s1. The van der Waals surface area contributed by atoms with Crippen LogP contribution in [0.1, 0.15) is 59.4 Å². The summed E-state index contributed by atoms with van der Waals surface area (Å²) in [6.45, 7) is 18.3. The van der Waals surface area contributed by atoms with Gasteiger partial charge in [0, 0.05) is 6.61 Å². The minimum absolute atomic E-state index is 0.294. The van der Waals surface area contributed by atoms with E-state index in [0.29, 0.717) is 24.2 Å². The Morgan fingerprint density at radius 3 is 2.32 bits per heavy atom. The molecule has 1 atom stereocenters. The Kier molecular flexibility index (Phi) is 10.5. The SMILES string of the molecule is COc1ccc(COC/C(C)=C/CC[C@@H](C)CCO[Si](C)(C)C(C)(C)C)cc1. The van der Waals surface area contributed by atoms with Crippen LogP contribution in [-0.2, 0) is 15.8 Å². The summed E-state index contributed by atoms with van der Waals surface area (Å²) in [5, 5.41) is 0.294. The van der Waals surface area contributed by atoms with Gasteiger partial charge in [0.2, 0.25) is 0 Å². The van der Waals surface area contributed by atoms with Crippen LogP contribution >= 0.6 is 0 Å². The third-order valence-electron chi connectivity index (χ3n) is 5.79. The van der Waals surface area contributed by atoms with Crippen molar-refractivity contribution < 1.29 is 13.9 Å². The van der Waals surface area contributed by atoms with Crippen molar-refractivity contribution in [3.8, 4) is 5.75 Å². The quantitative estimate of drug-likeness (QED) is 0.277. The van der Waals surface area contributed by atoms with E-state index in [4.69, 9.17) is 13.9 Å². The van der Waals surface area contributed by atoms with E-state index in [2.05, 4.69) is 53.8 Å². The summed E-state index contributed by atoms with van der Waals surface area (Å²) < 4.78 is 17.3. The molecule has 160 valence electrons. The molecule has 0 radical (unpaired) electrons. The smallest absolute Gasteiger partial charge is 0.191 e. The first-order chi connectivity index (χ1) is 13.0. The fourth-order valence-corrected chi connectivity index (χ4v) is 3.66. The zero-order valence-corrected chi connectivity index (χ0v) is 20.4. The Morgan fingerprint density at radius 1 is 1.11 bits per heavy atom. The van der Waals surface area contributed by atoms with Gasteiger partial charge in [-0.3, -0.25) is 0 Å². The first-order valence-corrected chi connectivity index (χ1v) is 13.5. The van der Waals surface area contributed by atoms with Crippen LogP contribution in [0.5, 0.6) is 5.75 Å². The Labute approximate surface area is 174 Å². The van der Waals surface area contributed by atoms with Gasteiger partial charge in [0.1, 0.15) is 5.75 Å². The van der Waals surface area contributed by atoms with Gasteiger partial charge >= 0.3 is 0 Å². The van der Waals surface area contributed by atoms with Crippen LogP contribution in [0.2, 0.25) is 18.1 Å². The lowest BCUT2D eigenvalue weighted by Crippen LogP contribution is -2.41. The van der Waals surface area contributed by atoms with Crippen LogP contribution in [0.15, 0.2) is 35.9 Å². The molecule has 0 bridgehead atoms. The second-order valence-electron chi connectivity index (χ2n) is 9.47. The van der Waals surface area contributed by atoms with Crippen molar-refractivity contribution in [1.29, 1.82) is 0 Å². The topological polar surface area (TPSA) is 27.7 Å². The number of ether oxygens (including phenoxy) is 2. The zero-order valence-electron chi connectivity index (χ0n) is 19.4. The van der Waals surface area contributed by atoms with Crippen LogP contribution in [0.4, 0.5) is 0 Å². The van der Waals surface area contributed by atoms with E-state index in [-0.39, 0.29) is 0 Å². The molecule has 28 heavy (non-hydrogen) atoms. The lowest BCUT2D eigenvalue weighted by molar-refractivity contribution is 0.142. The van der Waals surface area contributed by atoms with Crippen molar-refractivity contribution in [3.63, 3.8) is 0 Å². The predicted octanol–water partition coefficient (Wildman–Crippen LogP) is 6.99. The van der Waals surface area contributed by atoms with Gasteiger partial charge in [-0.1, -0.05) is 51.5 Å². The largest absolute Gasteiger partial charge is 0.497 e. The fraction of sp³-hybridized carbons (Fsp3) is 0.667. The summed E-state index contributed by atoms with van der Waals surface area (Å²) in [7, 11) is 0.0777. The van der Waals surface area contributed by atoms with Crippen molar-refractivity contribution in [2.45, 2.75) is 78.6 Å². The van der Waals surface area contributed by atoms with Crippen LogP contribution in [0.25, 0.3) is 0 Å². The molecule has 0 heterocycles. The second kappa shape index (κ2) is 11.8. The van der Waals surface area contributed by atoms with Crippen molar-refractivity contribution >= 4 is 8.32 Å². The summed E-state index contributed by atoms with van der Waals surface area (Å²) in [4.78, 5) is 0. The van der Waals surface area contributed by atoms with Crippen LogP contribution in [-0.4, -0.2) is 28.6 Å². The highest BCUT2D eigenvalue weighted by atomic mass is 28.4. The highest BCUT2D eigenvalue weighted by molar-refractivity contribution is 6.74. The van der Waals surface area contributed by atoms with E-state index in [1.54, 1.807) is 7.11 Å². The van der Waals surface area contributed by atoms with Crippen LogP contribution in [0, 0.1) is 5.92 Å². The van der Waals surface area contributed by atoms with Crippen LogP contribution in [0.3, 0.4) is 0 Å². The monoisotopic (exact) mass is 406 g/mol. The minimum atomic E-state index is -1.60. The summed E-state index contributed by atoms with van der Waals surface area (Å²) in [5.41, 5.74) is 2.47. The van der Waals surface area contributed by atoms with Gasteiger partial charge in [-0.15, -0.1) is 0 Å². The Hall–Kier alpha value is -1.10. The highest BCUT2D eigenvalue weighted by Crippen LogP contribution is 2.36. The van der Waals surface area contributed by atoms with E-state index in [9.17, 15) is 0 Å². The third kappa shape index (κ3) is 9.40. The molecule has 3 nitrogen and oxygen atoms in total. The van der Waals surface area contributed by atoms with E-state index in [1.165, 1.54) is 17.6 Å². The first-order valence-electron chi connectivity index (χ1n) is 10.6. The Balaban J connectivity index is 2.20. The molecule has 0 N–H and O–H groups in total. The molecular formula is C24H42O3Si. The molecule has 4 heteroatoms. The van der Waals surface area contributed by atoms with Gasteiger partial charge in [-0.25, -0.2) is 0 Å². The molecule has 0 aliphatic rings. The van der Waals surface area contributed by atoms with Crippen molar-refractivity contribution in [1.82, 2.24) is 0 Å². The predicted molar refractivity (Wildman–Crippen MR) is 123 cm³/mol. The molecule has 0 amide bonds. The molecule has 1 aromatic rings. The summed E-state index contributed by atoms with van der Waals surface area (Å²) >= 11 is 0. The number of rotatable bonds is 12. The molecule has 0 saturated heterocycles. The van der Waals surface area contributed by atoms with Gasteiger partial charge in [0.15, 0.2) is 8.32 Å². The summed E-state index contributed by atoms with van der Waals surface area (Å²) in [5.74, 6) is 1.57. The maximum Gasteiger partial charge on any atom is 0.191 e. The number of methoxy groups -OCH3 is 1. The molecule has 0 aromatic heterocycles. The number of hydrogen-bond acceptors (Lipinski definition) is 3. The lowest BCUT2D eigenvalue weighted by Gasteiger charge is -2.36. The molecular weight excluding hydrogens is 364 g/mol. The number of allylic oxidation sites excluding steroid dienone is 1. The highest BCUT2D eigenvalue weighted by Gasteiger charge is 2.36. The average molecular weight is 407 g/mol. The summed E-state index contributed by atoms with van der Waals surface area (Å²) in [6.07, 6.45) is 5.78. The van der Waals surface area contributed by atoms with E-state index in [1.807, 2.05) is 24.3 Å². The van der Waals surface area contributed by atoms with Gasteiger partial charge in [-0.05, 0) is 67.9 Å². The fourth-order valence-electron chi connectivity index (χ4n) is 2.60. The molecule has 0 spiro atoms. The van der Waals surface area contributed by atoms with Crippen LogP contribution < -0.4 is 4.74 Å². The van der Waals surface area contributed by atoms with Crippen molar-refractivity contribution in [3.05, 3.63) is 41.5 Å². The van der Waals surface area contributed by atoms with E-state index in [0.717, 1.165) is 25.2 Å². The second-order valence-corrected chi connectivity index (χ2v) is 14.3. The molecule has 0 aliphatic carbocycles. The van der Waals surface area contributed by atoms with Crippen molar-refractivity contribution in [2.75, 3.05) is 20.3 Å². The first kappa shape index (κ1) is 24.9.